The zero-order chi connectivity index (χ0) is 34.5. The van der Waals surface area contributed by atoms with Crippen molar-refractivity contribution in [3.8, 4) is 22.3 Å². The first-order valence-electron chi connectivity index (χ1n) is 17.7. The van der Waals surface area contributed by atoms with Crippen molar-refractivity contribution in [3.05, 3.63) is 203 Å². The summed E-state index contributed by atoms with van der Waals surface area (Å²) in [6.45, 7) is 3.07. The predicted molar refractivity (Wildman–Crippen MR) is 215 cm³/mol. The molecule has 0 aliphatic heterocycles. The Morgan fingerprint density at radius 1 is 0.549 bits per heavy atom. The van der Waals surface area contributed by atoms with Crippen molar-refractivity contribution in [3.63, 3.8) is 0 Å². The van der Waals surface area contributed by atoms with Crippen LogP contribution in [0.1, 0.15) is 58.1 Å². The summed E-state index contributed by atoms with van der Waals surface area (Å²) in [6, 6.07) is 59.7. The van der Waals surface area contributed by atoms with Crippen LogP contribution in [-0.4, -0.2) is 0 Å². The highest BCUT2D eigenvalue weighted by Crippen LogP contribution is 2.64. The second-order valence-corrected chi connectivity index (χ2v) is 14.7. The Balaban J connectivity index is 0.000000340. The van der Waals surface area contributed by atoms with Crippen molar-refractivity contribution >= 4 is 31.5 Å². The van der Waals surface area contributed by atoms with Crippen molar-refractivity contribution in [2.45, 2.75) is 31.1 Å². The maximum Gasteiger partial charge on any atom is 0.0784 e. The van der Waals surface area contributed by atoms with E-state index in [4.69, 9.17) is 11.5 Å². The summed E-state index contributed by atoms with van der Waals surface area (Å²) in [6.07, 6.45) is -0.341. The van der Waals surface area contributed by atoms with E-state index in [0.29, 0.717) is 0 Å². The molecule has 8 aromatic rings. The van der Waals surface area contributed by atoms with Crippen LogP contribution in [0.25, 0.3) is 42.4 Å². The highest BCUT2D eigenvalue weighted by atomic mass is 32.1. The van der Waals surface area contributed by atoms with Gasteiger partial charge in [0.05, 0.1) is 11.6 Å². The molecular formula is C47H39N3S. The molecule has 1 spiro atoms. The lowest BCUT2D eigenvalue weighted by molar-refractivity contribution is 0.574. The van der Waals surface area contributed by atoms with Gasteiger partial charge in [0.15, 0.2) is 0 Å². The Morgan fingerprint density at radius 3 is 1.88 bits per heavy atom. The number of hydrogen-bond donors (Lipinski definition) is 3. The molecule has 5 N–H and O–H groups in total. The lowest BCUT2D eigenvalue weighted by atomic mass is 9.70. The molecule has 2 atom stereocenters. The zero-order valence-corrected chi connectivity index (χ0v) is 29.3. The van der Waals surface area contributed by atoms with Gasteiger partial charge >= 0.3 is 0 Å². The number of hydrogen-bond acceptors (Lipinski definition) is 4. The first-order valence-corrected chi connectivity index (χ1v) is 18.5. The first-order chi connectivity index (χ1) is 25.1. The first kappa shape index (κ1) is 31.6. The van der Waals surface area contributed by atoms with Gasteiger partial charge in [0.1, 0.15) is 0 Å². The average molecular weight is 678 g/mol. The SMILES string of the molecule is CC(NCc1ccc2c(c1)C1(c3ccccc3-2)c2ccccc2-c2c1ccc1c2sc2ccccc21)c1ccccc1.NC(N)c1ccccc1. The molecule has 10 rings (SSSR count). The number of nitrogens with two attached hydrogens (primary N) is 2. The quantitative estimate of drug-likeness (QED) is 0.159. The number of thiophene rings is 1. The fourth-order valence-electron chi connectivity index (χ4n) is 8.36. The normalized spacial score (nSPS) is 15.7. The van der Waals surface area contributed by atoms with Crippen LogP contribution in [0, 0.1) is 0 Å². The molecule has 248 valence electrons. The van der Waals surface area contributed by atoms with Gasteiger partial charge in [0, 0.05) is 38.3 Å². The van der Waals surface area contributed by atoms with Crippen LogP contribution in [0.15, 0.2) is 164 Å². The maximum atomic E-state index is 5.39. The number of fused-ring (bicyclic) bond motifs is 14. The molecule has 3 nitrogen and oxygen atoms in total. The maximum absolute atomic E-state index is 5.39. The molecule has 1 aromatic heterocycles. The molecule has 0 amide bonds. The molecule has 1 heterocycles. The fraction of sp³-hybridized carbons (Fsp3) is 0.106. The molecule has 2 aliphatic carbocycles. The van der Waals surface area contributed by atoms with E-state index in [-0.39, 0.29) is 17.6 Å². The number of nitrogens with one attached hydrogen (secondary N) is 1. The van der Waals surface area contributed by atoms with E-state index in [1.807, 2.05) is 41.7 Å². The Hall–Kier alpha value is -5.36. The monoisotopic (exact) mass is 677 g/mol. The molecule has 0 saturated heterocycles. The standard InChI is InChI=1S/C40H29NS.C7H10N2/c1-25(27-11-3-2-4-12-27)41-24-26-19-20-29-28-13-5-8-16-33(28)40(36(29)23-26)34-17-9-6-15-32(34)38-35(40)22-21-31-30-14-7-10-18-37(30)42-39(31)38;8-7(9)6-4-2-1-3-5-6/h2-23,25,41H,24H2,1H3;1-5,7H,8-9H2. The van der Waals surface area contributed by atoms with Crippen LogP contribution in [0.3, 0.4) is 0 Å². The molecule has 0 radical (unpaired) electrons. The third-order valence-electron chi connectivity index (χ3n) is 10.8. The Kier molecular flexibility index (Phi) is 7.91. The smallest absolute Gasteiger partial charge is 0.0784 e. The van der Waals surface area contributed by atoms with Crippen LogP contribution < -0.4 is 16.8 Å². The molecule has 0 bridgehead atoms. The minimum Gasteiger partial charge on any atom is -0.312 e. The summed E-state index contributed by atoms with van der Waals surface area (Å²) in [4.78, 5) is 0. The minimum atomic E-state index is -0.341. The molecule has 2 aliphatic rings. The van der Waals surface area contributed by atoms with E-state index in [1.165, 1.54) is 75.8 Å². The van der Waals surface area contributed by atoms with Gasteiger partial charge in [-0.3, -0.25) is 0 Å². The van der Waals surface area contributed by atoms with Crippen LogP contribution in [0.5, 0.6) is 0 Å². The highest BCUT2D eigenvalue weighted by Gasteiger charge is 2.52. The van der Waals surface area contributed by atoms with Gasteiger partial charge in [-0.25, -0.2) is 0 Å². The van der Waals surface area contributed by atoms with E-state index in [0.717, 1.165) is 12.1 Å². The predicted octanol–water partition coefficient (Wildman–Crippen LogP) is 10.9. The van der Waals surface area contributed by atoms with Gasteiger partial charge in [-0.1, -0.05) is 158 Å². The largest absolute Gasteiger partial charge is 0.312 e. The van der Waals surface area contributed by atoms with Crippen molar-refractivity contribution in [2.75, 3.05) is 0 Å². The summed E-state index contributed by atoms with van der Waals surface area (Å²) in [5, 5.41) is 6.50. The summed E-state index contributed by atoms with van der Waals surface area (Å²) in [7, 11) is 0. The summed E-state index contributed by atoms with van der Waals surface area (Å²) >= 11 is 1.94. The van der Waals surface area contributed by atoms with E-state index in [1.54, 1.807) is 0 Å². The van der Waals surface area contributed by atoms with Crippen LogP contribution in [-0.2, 0) is 12.0 Å². The molecule has 0 saturated carbocycles. The van der Waals surface area contributed by atoms with Crippen LogP contribution >= 0.6 is 11.3 Å². The lowest BCUT2D eigenvalue weighted by Crippen LogP contribution is -2.26. The van der Waals surface area contributed by atoms with Crippen molar-refractivity contribution < 1.29 is 0 Å². The van der Waals surface area contributed by atoms with Crippen molar-refractivity contribution in [1.82, 2.24) is 5.32 Å². The van der Waals surface area contributed by atoms with E-state index >= 15 is 0 Å². The number of rotatable bonds is 5. The van der Waals surface area contributed by atoms with E-state index in [9.17, 15) is 0 Å². The van der Waals surface area contributed by atoms with Crippen LogP contribution in [0.4, 0.5) is 0 Å². The fourth-order valence-corrected chi connectivity index (χ4v) is 9.63. The van der Waals surface area contributed by atoms with Crippen molar-refractivity contribution in [2.24, 2.45) is 11.5 Å². The second-order valence-electron chi connectivity index (χ2n) is 13.6. The lowest BCUT2D eigenvalue weighted by Gasteiger charge is -2.30. The van der Waals surface area contributed by atoms with Gasteiger partial charge in [0.25, 0.3) is 0 Å². The number of benzene rings is 7. The summed E-state index contributed by atoms with van der Waals surface area (Å²) in [5.41, 5.74) is 25.2. The second kappa shape index (κ2) is 12.8. The Morgan fingerprint density at radius 2 is 1.16 bits per heavy atom. The Bertz CT molecular complexity index is 2540. The van der Waals surface area contributed by atoms with Crippen molar-refractivity contribution in [1.29, 1.82) is 0 Å². The highest BCUT2D eigenvalue weighted by molar-refractivity contribution is 7.26. The van der Waals surface area contributed by atoms with Crippen LogP contribution in [0.2, 0.25) is 0 Å². The molecule has 4 heteroatoms. The van der Waals surface area contributed by atoms with Gasteiger partial charge in [-0.2, -0.15) is 0 Å². The molecule has 51 heavy (non-hydrogen) atoms. The zero-order valence-electron chi connectivity index (χ0n) is 28.5. The topological polar surface area (TPSA) is 64.1 Å². The van der Waals surface area contributed by atoms with E-state index in [2.05, 4.69) is 146 Å². The summed E-state index contributed by atoms with van der Waals surface area (Å²) in [5.74, 6) is 0. The summed E-state index contributed by atoms with van der Waals surface area (Å²) < 4.78 is 2.76. The third-order valence-corrected chi connectivity index (χ3v) is 12.0. The molecule has 7 aromatic carbocycles. The Labute approximate surface area is 303 Å². The van der Waals surface area contributed by atoms with Gasteiger partial charge in [-0.05, 0) is 68.6 Å². The average Bonchev–Trinajstić information content (AvgIpc) is 3.82. The minimum absolute atomic E-state index is 0.278. The van der Waals surface area contributed by atoms with E-state index < -0.39 is 0 Å². The molecular weight excluding hydrogens is 639 g/mol. The van der Waals surface area contributed by atoms with Gasteiger partial charge < -0.3 is 16.8 Å². The molecule has 2 unspecified atom stereocenters. The molecule has 0 fully saturated rings. The third kappa shape index (κ3) is 5.06. The van der Waals surface area contributed by atoms with Gasteiger partial charge in [-0.15, -0.1) is 11.3 Å². The van der Waals surface area contributed by atoms with Gasteiger partial charge in [0.2, 0.25) is 0 Å².